The van der Waals surface area contributed by atoms with Crippen LogP contribution < -0.4 is 5.73 Å². The average Bonchev–Trinajstić information content (AvgIpc) is 2.72. The summed E-state index contributed by atoms with van der Waals surface area (Å²) < 4.78 is 2.16. The van der Waals surface area contributed by atoms with Gasteiger partial charge in [-0.3, -0.25) is 0 Å². The molecule has 3 heteroatoms. The monoisotopic (exact) mass is 215 g/mol. The van der Waals surface area contributed by atoms with E-state index in [4.69, 9.17) is 5.73 Å². The van der Waals surface area contributed by atoms with Crippen molar-refractivity contribution in [1.29, 1.82) is 0 Å². The van der Waals surface area contributed by atoms with E-state index in [2.05, 4.69) is 47.7 Å². The number of nitrogens with two attached hydrogens (primary N) is 1. The summed E-state index contributed by atoms with van der Waals surface area (Å²) in [4.78, 5) is 4.44. The third-order valence-corrected chi connectivity index (χ3v) is 2.77. The highest BCUT2D eigenvalue weighted by atomic mass is 15.1. The van der Waals surface area contributed by atoms with Gasteiger partial charge in [-0.25, -0.2) is 4.98 Å². The van der Waals surface area contributed by atoms with Crippen LogP contribution in [0.1, 0.15) is 18.2 Å². The molecule has 16 heavy (non-hydrogen) atoms. The fourth-order valence-electron chi connectivity index (χ4n) is 1.86. The number of aromatic nitrogens is 2. The summed E-state index contributed by atoms with van der Waals surface area (Å²) in [5, 5.41) is 0. The second-order valence-corrected chi connectivity index (χ2v) is 3.89. The van der Waals surface area contributed by atoms with Crippen molar-refractivity contribution in [3.05, 3.63) is 41.7 Å². The van der Waals surface area contributed by atoms with Crippen LogP contribution in [0.25, 0.3) is 11.4 Å². The Labute approximate surface area is 95.9 Å². The number of aryl methyl sites for hydroxylation is 1. The zero-order chi connectivity index (χ0) is 11.5. The molecule has 0 atom stereocenters. The van der Waals surface area contributed by atoms with E-state index >= 15 is 0 Å². The Hall–Kier alpha value is -1.61. The lowest BCUT2D eigenvalue weighted by molar-refractivity contribution is 0.720. The van der Waals surface area contributed by atoms with Crippen LogP contribution in [0.2, 0.25) is 0 Å². The molecular weight excluding hydrogens is 198 g/mol. The first kappa shape index (κ1) is 10.9. The second-order valence-electron chi connectivity index (χ2n) is 3.89. The maximum absolute atomic E-state index is 5.68. The SMILES string of the molecule is CCn1c(CN)cnc1-c1ccc(C)cc1. The van der Waals surface area contributed by atoms with Crippen molar-refractivity contribution < 1.29 is 0 Å². The molecule has 0 radical (unpaired) electrons. The topological polar surface area (TPSA) is 43.8 Å². The van der Waals surface area contributed by atoms with Gasteiger partial charge in [-0.1, -0.05) is 29.8 Å². The van der Waals surface area contributed by atoms with Gasteiger partial charge in [0.25, 0.3) is 0 Å². The van der Waals surface area contributed by atoms with Crippen LogP contribution in [-0.2, 0) is 13.1 Å². The number of benzene rings is 1. The maximum Gasteiger partial charge on any atom is 0.140 e. The Morgan fingerprint density at radius 2 is 1.94 bits per heavy atom. The van der Waals surface area contributed by atoms with Crippen LogP contribution in [0, 0.1) is 6.92 Å². The molecule has 2 aromatic rings. The lowest BCUT2D eigenvalue weighted by Gasteiger charge is -2.08. The largest absolute Gasteiger partial charge is 0.327 e. The second kappa shape index (κ2) is 4.49. The van der Waals surface area contributed by atoms with E-state index in [0.717, 1.165) is 23.6 Å². The van der Waals surface area contributed by atoms with Gasteiger partial charge in [0, 0.05) is 18.7 Å². The molecule has 0 bridgehead atoms. The summed E-state index contributed by atoms with van der Waals surface area (Å²) >= 11 is 0. The summed E-state index contributed by atoms with van der Waals surface area (Å²) in [7, 11) is 0. The quantitative estimate of drug-likeness (QED) is 0.854. The number of nitrogens with zero attached hydrogens (tertiary/aromatic N) is 2. The van der Waals surface area contributed by atoms with E-state index in [1.807, 2.05) is 6.20 Å². The van der Waals surface area contributed by atoms with E-state index in [1.165, 1.54) is 5.56 Å². The molecule has 1 aromatic heterocycles. The van der Waals surface area contributed by atoms with Crippen LogP contribution in [0.5, 0.6) is 0 Å². The predicted molar refractivity (Wildman–Crippen MR) is 66.0 cm³/mol. The first-order valence-corrected chi connectivity index (χ1v) is 5.57. The zero-order valence-corrected chi connectivity index (χ0v) is 9.77. The highest BCUT2D eigenvalue weighted by Crippen LogP contribution is 2.20. The van der Waals surface area contributed by atoms with Crippen LogP contribution in [0.15, 0.2) is 30.5 Å². The summed E-state index contributed by atoms with van der Waals surface area (Å²) in [5.74, 6) is 1.00. The molecule has 0 aliphatic carbocycles. The van der Waals surface area contributed by atoms with Crippen LogP contribution >= 0.6 is 0 Å². The van der Waals surface area contributed by atoms with Crippen molar-refractivity contribution in [1.82, 2.24) is 9.55 Å². The van der Waals surface area contributed by atoms with E-state index in [-0.39, 0.29) is 0 Å². The van der Waals surface area contributed by atoms with Gasteiger partial charge in [0.1, 0.15) is 5.82 Å². The molecular formula is C13H17N3. The molecule has 0 unspecified atom stereocenters. The molecule has 0 aliphatic rings. The van der Waals surface area contributed by atoms with Crippen LogP contribution in [0.3, 0.4) is 0 Å². The predicted octanol–water partition coefficient (Wildman–Crippen LogP) is 2.34. The van der Waals surface area contributed by atoms with Crippen molar-refractivity contribution in [2.24, 2.45) is 5.73 Å². The molecule has 1 heterocycles. The lowest BCUT2D eigenvalue weighted by Crippen LogP contribution is -2.07. The van der Waals surface area contributed by atoms with E-state index in [9.17, 15) is 0 Å². The van der Waals surface area contributed by atoms with Gasteiger partial charge < -0.3 is 10.3 Å². The lowest BCUT2D eigenvalue weighted by atomic mass is 10.1. The Morgan fingerprint density at radius 3 is 2.50 bits per heavy atom. The average molecular weight is 215 g/mol. The Bertz CT molecular complexity index is 468. The molecule has 0 aliphatic heterocycles. The minimum Gasteiger partial charge on any atom is -0.327 e. The van der Waals surface area contributed by atoms with Crippen molar-refractivity contribution in [3.8, 4) is 11.4 Å². The Balaban J connectivity index is 2.47. The highest BCUT2D eigenvalue weighted by Gasteiger charge is 2.08. The van der Waals surface area contributed by atoms with Gasteiger partial charge in [-0.15, -0.1) is 0 Å². The number of hydrogen-bond donors (Lipinski definition) is 1. The Kier molecular flexibility index (Phi) is 3.06. The van der Waals surface area contributed by atoms with Crippen molar-refractivity contribution in [2.45, 2.75) is 26.9 Å². The van der Waals surface area contributed by atoms with Crippen molar-refractivity contribution >= 4 is 0 Å². The van der Waals surface area contributed by atoms with Gasteiger partial charge in [0.2, 0.25) is 0 Å². The first-order valence-electron chi connectivity index (χ1n) is 5.57. The minimum absolute atomic E-state index is 0.534. The highest BCUT2D eigenvalue weighted by molar-refractivity contribution is 5.56. The van der Waals surface area contributed by atoms with E-state index in [1.54, 1.807) is 0 Å². The number of hydrogen-bond acceptors (Lipinski definition) is 2. The molecule has 2 N–H and O–H groups in total. The summed E-state index contributed by atoms with van der Waals surface area (Å²) in [6.07, 6.45) is 1.86. The van der Waals surface area contributed by atoms with Crippen molar-refractivity contribution in [3.63, 3.8) is 0 Å². The van der Waals surface area contributed by atoms with Crippen molar-refractivity contribution in [2.75, 3.05) is 0 Å². The Morgan fingerprint density at radius 1 is 1.25 bits per heavy atom. The van der Waals surface area contributed by atoms with Gasteiger partial charge >= 0.3 is 0 Å². The molecule has 0 saturated heterocycles. The zero-order valence-electron chi connectivity index (χ0n) is 9.77. The van der Waals surface area contributed by atoms with E-state index in [0.29, 0.717) is 6.54 Å². The molecule has 3 nitrogen and oxygen atoms in total. The molecule has 84 valence electrons. The standard InChI is InChI=1S/C13H17N3/c1-3-16-12(8-14)9-15-13(16)11-6-4-10(2)5-7-11/h4-7,9H,3,8,14H2,1-2H3. The van der Waals surface area contributed by atoms with Gasteiger partial charge in [-0.05, 0) is 13.8 Å². The normalized spacial score (nSPS) is 10.7. The summed E-state index contributed by atoms with van der Waals surface area (Å²) in [5.41, 5.74) is 9.17. The maximum atomic E-state index is 5.68. The minimum atomic E-state index is 0.534. The smallest absolute Gasteiger partial charge is 0.140 e. The van der Waals surface area contributed by atoms with Gasteiger partial charge in [-0.2, -0.15) is 0 Å². The fraction of sp³-hybridized carbons (Fsp3) is 0.308. The number of imidazole rings is 1. The van der Waals surface area contributed by atoms with Crippen LogP contribution in [-0.4, -0.2) is 9.55 Å². The number of rotatable bonds is 3. The molecule has 1 aromatic carbocycles. The van der Waals surface area contributed by atoms with Gasteiger partial charge in [0.15, 0.2) is 0 Å². The molecule has 0 spiro atoms. The first-order chi connectivity index (χ1) is 7.76. The van der Waals surface area contributed by atoms with E-state index < -0.39 is 0 Å². The molecule has 0 amide bonds. The summed E-state index contributed by atoms with van der Waals surface area (Å²) in [6, 6.07) is 8.41. The fourth-order valence-corrected chi connectivity index (χ4v) is 1.86. The third-order valence-electron chi connectivity index (χ3n) is 2.77. The third kappa shape index (κ3) is 1.86. The van der Waals surface area contributed by atoms with Crippen LogP contribution in [0.4, 0.5) is 0 Å². The summed E-state index contributed by atoms with van der Waals surface area (Å²) in [6.45, 7) is 5.63. The molecule has 0 fully saturated rings. The molecule has 2 rings (SSSR count). The van der Waals surface area contributed by atoms with Gasteiger partial charge in [0.05, 0.1) is 11.9 Å². The molecule has 0 saturated carbocycles.